The highest BCUT2D eigenvalue weighted by Gasteiger charge is 2.18. The minimum atomic E-state index is 0.430. The molecule has 1 atom stereocenters. The van der Waals surface area contributed by atoms with Crippen LogP contribution in [-0.2, 0) is 7.05 Å². The lowest BCUT2D eigenvalue weighted by Gasteiger charge is -2.13. The molecule has 0 bridgehead atoms. The first-order valence-corrected chi connectivity index (χ1v) is 4.73. The molecule has 0 spiro atoms. The standard InChI is InChI=1S/C10H19N3/c1-6(2)7(3)9-10(11)13(5)8(4)12-9/h6-7H,11H2,1-5H3. The van der Waals surface area contributed by atoms with Crippen molar-refractivity contribution in [2.45, 2.75) is 33.6 Å². The number of hydrogen-bond donors (Lipinski definition) is 1. The summed E-state index contributed by atoms with van der Waals surface area (Å²) in [5.41, 5.74) is 6.98. The summed E-state index contributed by atoms with van der Waals surface area (Å²) in [4.78, 5) is 4.47. The normalized spacial score (nSPS) is 13.7. The molecule has 0 aromatic carbocycles. The van der Waals surface area contributed by atoms with E-state index in [-0.39, 0.29) is 0 Å². The lowest BCUT2D eigenvalue weighted by atomic mass is 9.95. The van der Waals surface area contributed by atoms with Crippen molar-refractivity contribution in [3.05, 3.63) is 11.5 Å². The van der Waals surface area contributed by atoms with Crippen molar-refractivity contribution < 1.29 is 0 Å². The SMILES string of the molecule is Cc1nc(C(C)C(C)C)c(N)n1C. The molecule has 2 N–H and O–H groups in total. The zero-order valence-electron chi connectivity index (χ0n) is 9.13. The highest BCUT2D eigenvalue weighted by Crippen LogP contribution is 2.27. The van der Waals surface area contributed by atoms with Crippen LogP contribution in [0.2, 0.25) is 0 Å². The lowest BCUT2D eigenvalue weighted by Crippen LogP contribution is -2.06. The van der Waals surface area contributed by atoms with Crippen molar-refractivity contribution in [2.24, 2.45) is 13.0 Å². The maximum atomic E-state index is 5.94. The Morgan fingerprint density at radius 3 is 2.15 bits per heavy atom. The van der Waals surface area contributed by atoms with Crippen molar-refractivity contribution in [2.75, 3.05) is 5.73 Å². The monoisotopic (exact) mass is 181 g/mol. The fourth-order valence-corrected chi connectivity index (χ4v) is 1.30. The van der Waals surface area contributed by atoms with Crippen LogP contribution in [0.3, 0.4) is 0 Å². The molecule has 1 unspecified atom stereocenters. The number of anilines is 1. The Morgan fingerprint density at radius 1 is 1.31 bits per heavy atom. The van der Waals surface area contributed by atoms with Gasteiger partial charge in [0.05, 0.1) is 5.69 Å². The van der Waals surface area contributed by atoms with Crippen molar-refractivity contribution >= 4 is 5.82 Å². The fourth-order valence-electron chi connectivity index (χ4n) is 1.30. The van der Waals surface area contributed by atoms with E-state index in [1.807, 2.05) is 18.5 Å². The number of nitrogens with zero attached hydrogens (tertiary/aromatic N) is 2. The molecule has 1 aromatic heterocycles. The van der Waals surface area contributed by atoms with Gasteiger partial charge in [-0.1, -0.05) is 20.8 Å². The van der Waals surface area contributed by atoms with Crippen LogP contribution in [0.1, 0.15) is 38.2 Å². The third-order valence-corrected chi connectivity index (χ3v) is 2.82. The minimum absolute atomic E-state index is 0.430. The molecule has 1 heterocycles. The van der Waals surface area contributed by atoms with Crippen LogP contribution in [0, 0.1) is 12.8 Å². The summed E-state index contributed by atoms with van der Waals surface area (Å²) in [6, 6.07) is 0. The molecule has 0 aliphatic heterocycles. The Labute approximate surface area is 80.0 Å². The molecule has 3 heteroatoms. The van der Waals surface area contributed by atoms with Gasteiger partial charge < -0.3 is 10.3 Å². The van der Waals surface area contributed by atoms with Crippen molar-refractivity contribution in [3.63, 3.8) is 0 Å². The number of aryl methyl sites for hydroxylation is 1. The van der Waals surface area contributed by atoms with E-state index in [9.17, 15) is 0 Å². The van der Waals surface area contributed by atoms with Gasteiger partial charge in [0.1, 0.15) is 11.6 Å². The van der Waals surface area contributed by atoms with E-state index < -0.39 is 0 Å². The zero-order valence-corrected chi connectivity index (χ0v) is 9.13. The second kappa shape index (κ2) is 3.40. The maximum absolute atomic E-state index is 5.94. The molecule has 74 valence electrons. The summed E-state index contributed by atoms with van der Waals surface area (Å²) < 4.78 is 1.94. The molecule has 0 aliphatic carbocycles. The molecule has 0 saturated heterocycles. The van der Waals surface area contributed by atoms with Crippen LogP contribution >= 0.6 is 0 Å². The molecule has 13 heavy (non-hydrogen) atoms. The summed E-state index contributed by atoms with van der Waals surface area (Å²) in [7, 11) is 1.95. The number of nitrogens with two attached hydrogens (primary N) is 1. The van der Waals surface area contributed by atoms with E-state index in [4.69, 9.17) is 5.73 Å². The van der Waals surface area contributed by atoms with Crippen LogP contribution in [0.4, 0.5) is 5.82 Å². The Kier molecular flexibility index (Phi) is 2.64. The van der Waals surface area contributed by atoms with E-state index >= 15 is 0 Å². The number of imidazole rings is 1. The predicted octanol–water partition coefficient (Wildman–Crippen LogP) is 2.07. The van der Waals surface area contributed by atoms with Gasteiger partial charge >= 0.3 is 0 Å². The van der Waals surface area contributed by atoms with Crippen molar-refractivity contribution in [3.8, 4) is 0 Å². The van der Waals surface area contributed by atoms with E-state index in [1.165, 1.54) is 0 Å². The number of aromatic nitrogens is 2. The van der Waals surface area contributed by atoms with Gasteiger partial charge in [-0.2, -0.15) is 0 Å². The highest BCUT2D eigenvalue weighted by atomic mass is 15.1. The van der Waals surface area contributed by atoms with E-state index in [1.54, 1.807) is 0 Å². The van der Waals surface area contributed by atoms with Crippen molar-refractivity contribution in [1.29, 1.82) is 0 Å². The summed E-state index contributed by atoms with van der Waals surface area (Å²) in [5.74, 6) is 2.80. The number of rotatable bonds is 2. The van der Waals surface area contributed by atoms with E-state index in [0.29, 0.717) is 11.8 Å². The minimum Gasteiger partial charge on any atom is -0.384 e. The number of hydrogen-bond acceptors (Lipinski definition) is 2. The highest BCUT2D eigenvalue weighted by molar-refractivity contribution is 5.40. The van der Waals surface area contributed by atoms with E-state index in [2.05, 4.69) is 25.8 Å². The average Bonchev–Trinajstić information content (AvgIpc) is 2.31. The Bertz CT molecular complexity index is 299. The quantitative estimate of drug-likeness (QED) is 0.759. The first-order valence-electron chi connectivity index (χ1n) is 4.73. The topological polar surface area (TPSA) is 43.8 Å². The van der Waals surface area contributed by atoms with Crippen LogP contribution < -0.4 is 5.73 Å². The molecule has 3 nitrogen and oxygen atoms in total. The van der Waals surface area contributed by atoms with Crippen LogP contribution in [-0.4, -0.2) is 9.55 Å². The molecule has 0 fully saturated rings. The molecule has 0 aliphatic rings. The van der Waals surface area contributed by atoms with Crippen LogP contribution in [0.15, 0.2) is 0 Å². The van der Waals surface area contributed by atoms with Gasteiger partial charge in [0.2, 0.25) is 0 Å². The molecular formula is C10H19N3. The second-order valence-corrected chi connectivity index (χ2v) is 4.02. The molecule has 0 saturated carbocycles. The van der Waals surface area contributed by atoms with Crippen molar-refractivity contribution in [1.82, 2.24) is 9.55 Å². The zero-order chi connectivity index (χ0) is 10.2. The van der Waals surface area contributed by atoms with Gasteiger partial charge in [-0.25, -0.2) is 4.98 Å². The maximum Gasteiger partial charge on any atom is 0.126 e. The summed E-state index contributed by atoms with van der Waals surface area (Å²) >= 11 is 0. The van der Waals surface area contributed by atoms with Crippen LogP contribution in [0.5, 0.6) is 0 Å². The summed E-state index contributed by atoms with van der Waals surface area (Å²) in [5, 5.41) is 0. The summed E-state index contributed by atoms with van der Waals surface area (Å²) in [6.07, 6.45) is 0. The van der Waals surface area contributed by atoms with Gasteiger partial charge in [0.25, 0.3) is 0 Å². The van der Waals surface area contributed by atoms with Gasteiger partial charge in [-0.15, -0.1) is 0 Å². The first kappa shape index (κ1) is 10.1. The van der Waals surface area contributed by atoms with Gasteiger partial charge in [-0.05, 0) is 12.8 Å². The van der Waals surface area contributed by atoms with Gasteiger partial charge in [0.15, 0.2) is 0 Å². The third kappa shape index (κ3) is 1.69. The Morgan fingerprint density at radius 2 is 1.85 bits per heavy atom. The fraction of sp³-hybridized carbons (Fsp3) is 0.700. The first-order chi connectivity index (χ1) is 5.95. The second-order valence-electron chi connectivity index (χ2n) is 4.02. The smallest absolute Gasteiger partial charge is 0.126 e. The average molecular weight is 181 g/mol. The van der Waals surface area contributed by atoms with E-state index in [0.717, 1.165) is 17.3 Å². The largest absolute Gasteiger partial charge is 0.384 e. The third-order valence-electron chi connectivity index (χ3n) is 2.82. The molecular weight excluding hydrogens is 162 g/mol. The van der Waals surface area contributed by atoms with Gasteiger partial charge in [0, 0.05) is 13.0 Å². The molecule has 0 amide bonds. The number of nitrogen functional groups attached to an aromatic ring is 1. The van der Waals surface area contributed by atoms with Gasteiger partial charge in [-0.3, -0.25) is 0 Å². The Hall–Kier alpha value is -0.990. The molecule has 1 aromatic rings. The summed E-state index contributed by atoms with van der Waals surface area (Å²) in [6.45, 7) is 8.53. The molecule has 1 rings (SSSR count). The predicted molar refractivity (Wildman–Crippen MR) is 55.6 cm³/mol. The molecule has 0 radical (unpaired) electrons. The van der Waals surface area contributed by atoms with Crippen LogP contribution in [0.25, 0.3) is 0 Å². The Balaban J connectivity index is 3.08. The lowest BCUT2D eigenvalue weighted by molar-refractivity contribution is 0.526.